The maximum absolute atomic E-state index is 15.5. The van der Waals surface area contributed by atoms with Gasteiger partial charge in [0.25, 0.3) is 17.7 Å². The molecule has 4 N–H and O–H groups in total. The Morgan fingerprint density at radius 3 is 2.43 bits per heavy atom. The lowest BCUT2D eigenvalue weighted by atomic mass is 10.0. The molecule has 0 aliphatic carbocycles. The summed E-state index contributed by atoms with van der Waals surface area (Å²) in [4.78, 5) is 47.3. The lowest BCUT2D eigenvalue weighted by Crippen LogP contribution is -2.56. The first-order valence-corrected chi connectivity index (χ1v) is 18.0. The van der Waals surface area contributed by atoms with E-state index in [0.29, 0.717) is 80.3 Å². The number of quaternary nitrogens is 1. The fourth-order valence-corrected chi connectivity index (χ4v) is 7.53. The second-order valence-corrected chi connectivity index (χ2v) is 14.8. The molecule has 17 heteroatoms. The minimum Gasteiger partial charge on any atom is -0.383 e. The molecule has 6 rings (SSSR count). The number of nitrogens with zero attached hydrogens (tertiary/aromatic N) is 7. The van der Waals surface area contributed by atoms with Gasteiger partial charge in [0.05, 0.1) is 54.9 Å². The molecule has 54 heavy (non-hydrogen) atoms. The van der Waals surface area contributed by atoms with Gasteiger partial charge in [-0.2, -0.15) is 5.10 Å². The molecule has 3 amide bonds. The summed E-state index contributed by atoms with van der Waals surface area (Å²) < 4.78 is 39.5. The first kappa shape index (κ1) is 39.0. The molecule has 4 heterocycles. The topological polar surface area (TPSA) is 161 Å². The van der Waals surface area contributed by atoms with E-state index in [2.05, 4.69) is 15.4 Å². The zero-order valence-corrected chi connectivity index (χ0v) is 31.5. The maximum atomic E-state index is 15.5. The summed E-state index contributed by atoms with van der Waals surface area (Å²) in [6.45, 7) is 5.46. The Bertz CT molecular complexity index is 2080. The van der Waals surface area contributed by atoms with Crippen LogP contribution in [-0.4, -0.2) is 135 Å². The second kappa shape index (κ2) is 15.5. The third kappa shape index (κ3) is 7.88. The van der Waals surface area contributed by atoms with Crippen molar-refractivity contribution in [2.45, 2.75) is 25.5 Å². The van der Waals surface area contributed by atoms with Crippen LogP contribution in [0.5, 0.6) is 0 Å². The van der Waals surface area contributed by atoms with Crippen LogP contribution >= 0.6 is 11.6 Å². The third-order valence-electron chi connectivity index (χ3n) is 10.4. The SMILES string of the molecule is COCCn1cc(-c2ccc(-c3cnc(C(=O)Nc4ccc(C(=O)N5CCN(C(=O)C[N+]6(C)CCC(O)(CN)C6)CC5)c(Cl)c4)n3C)c(F)c2F)c(C)n1. The van der Waals surface area contributed by atoms with Crippen molar-refractivity contribution in [3.63, 3.8) is 0 Å². The van der Waals surface area contributed by atoms with Crippen molar-refractivity contribution in [1.82, 2.24) is 29.1 Å². The highest BCUT2D eigenvalue weighted by molar-refractivity contribution is 6.34. The van der Waals surface area contributed by atoms with Crippen molar-refractivity contribution in [3.8, 4) is 22.4 Å². The van der Waals surface area contributed by atoms with Crippen LogP contribution < -0.4 is 11.1 Å². The van der Waals surface area contributed by atoms with E-state index in [9.17, 15) is 19.5 Å². The van der Waals surface area contributed by atoms with Crippen LogP contribution in [0.3, 0.4) is 0 Å². The number of amides is 3. The number of carbonyl (C=O) groups is 3. The van der Waals surface area contributed by atoms with E-state index >= 15 is 8.78 Å². The number of imidazole rings is 1. The first-order chi connectivity index (χ1) is 25.7. The van der Waals surface area contributed by atoms with Crippen molar-refractivity contribution >= 4 is 35.0 Å². The highest BCUT2D eigenvalue weighted by atomic mass is 35.5. The molecule has 14 nitrogen and oxygen atoms in total. The van der Waals surface area contributed by atoms with Crippen LogP contribution in [0.25, 0.3) is 22.4 Å². The quantitative estimate of drug-likeness (QED) is 0.197. The Morgan fingerprint density at radius 1 is 1.07 bits per heavy atom. The summed E-state index contributed by atoms with van der Waals surface area (Å²) in [5.41, 5.74) is 6.47. The molecule has 0 spiro atoms. The smallest absolute Gasteiger partial charge is 0.291 e. The van der Waals surface area contributed by atoms with Crippen LogP contribution in [-0.2, 0) is 23.1 Å². The van der Waals surface area contributed by atoms with Gasteiger partial charge in [-0.05, 0) is 31.2 Å². The minimum atomic E-state index is -1.09. The number of nitrogens with one attached hydrogen (secondary N) is 1. The molecule has 2 aromatic carbocycles. The number of hydrogen-bond donors (Lipinski definition) is 3. The number of carbonyl (C=O) groups excluding carboxylic acids is 3. The van der Waals surface area contributed by atoms with E-state index in [1.165, 1.54) is 48.1 Å². The molecule has 2 saturated heterocycles. The van der Waals surface area contributed by atoms with Gasteiger partial charge in [0.1, 0.15) is 12.1 Å². The number of rotatable bonds is 11. The molecule has 2 fully saturated rings. The van der Waals surface area contributed by atoms with E-state index < -0.39 is 23.1 Å². The van der Waals surface area contributed by atoms with E-state index in [0.717, 1.165) is 0 Å². The largest absolute Gasteiger partial charge is 0.383 e. The number of hydrogen-bond acceptors (Lipinski definition) is 8. The number of anilines is 1. The molecule has 2 aliphatic heterocycles. The Hall–Kier alpha value is -4.74. The van der Waals surface area contributed by atoms with Gasteiger partial charge in [0, 0.05) is 81.9 Å². The molecule has 0 bridgehead atoms. The van der Waals surface area contributed by atoms with E-state index in [1.54, 1.807) is 34.7 Å². The van der Waals surface area contributed by atoms with Gasteiger partial charge < -0.3 is 39.7 Å². The number of likely N-dealkylation sites (N-methyl/N-ethyl adjacent to an activating group) is 1. The lowest BCUT2D eigenvalue weighted by Gasteiger charge is -2.37. The number of aryl methyl sites for hydroxylation is 1. The predicted molar refractivity (Wildman–Crippen MR) is 198 cm³/mol. The normalized spacial score (nSPS) is 20.1. The standard InChI is InChI=1S/C37H44ClF2N9O5/c1-23-28(19-48(44-23)14-16-54-4)25-7-8-27(33(40)32(25)39)30-18-42-34(45(30)2)35(51)43-24-5-6-26(29(38)17-24)36(52)47-12-10-46(11-13-47)31(50)20-49(3)15-9-37(53,21-41)22-49/h5-8,17-19,53H,9-16,20-22,41H2,1-4H3/p+1. The molecule has 0 radical (unpaired) electrons. The summed E-state index contributed by atoms with van der Waals surface area (Å²) in [6, 6.07) is 7.41. The number of nitrogens with two attached hydrogens (primary N) is 1. The third-order valence-corrected chi connectivity index (χ3v) is 10.7. The average Bonchev–Trinajstić information content (AvgIpc) is 3.81. The van der Waals surface area contributed by atoms with E-state index in [4.69, 9.17) is 22.1 Å². The van der Waals surface area contributed by atoms with Crippen molar-refractivity contribution in [2.75, 3.05) is 78.4 Å². The van der Waals surface area contributed by atoms with E-state index in [1.807, 2.05) is 7.05 Å². The Morgan fingerprint density at radius 2 is 1.76 bits per heavy atom. The Labute approximate surface area is 316 Å². The number of benzene rings is 2. The molecule has 2 unspecified atom stereocenters. The Kier molecular flexibility index (Phi) is 11.2. The number of aliphatic hydroxyl groups is 1. The zero-order chi connectivity index (χ0) is 38.9. The summed E-state index contributed by atoms with van der Waals surface area (Å²) in [5.74, 6) is -3.18. The second-order valence-electron chi connectivity index (χ2n) is 14.4. The molecule has 288 valence electrons. The van der Waals surface area contributed by atoms with Gasteiger partial charge >= 0.3 is 0 Å². The monoisotopic (exact) mass is 768 g/mol. The van der Waals surface area contributed by atoms with Gasteiger partial charge in [0.2, 0.25) is 0 Å². The number of likely N-dealkylation sites (tertiary alicyclic amines) is 1. The van der Waals surface area contributed by atoms with Gasteiger partial charge in [0.15, 0.2) is 24.0 Å². The first-order valence-electron chi connectivity index (χ1n) is 17.6. The van der Waals surface area contributed by atoms with Crippen LogP contribution in [0.15, 0.2) is 42.7 Å². The summed E-state index contributed by atoms with van der Waals surface area (Å²) in [7, 11) is 5.03. The molecular weight excluding hydrogens is 724 g/mol. The highest BCUT2D eigenvalue weighted by Gasteiger charge is 2.46. The molecule has 2 aromatic heterocycles. The highest BCUT2D eigenvalue weighted by Crippen LogP contribution is 2.33. The summed E-state index contributed by atoms with van der Waals surface area (Å²) in [5, 5.41) is 17.7. The fraction of sp³-hybridized carbons (Fsp3) is 0.432. The lowest BCUT2D eigenvalue weighted by molar-refractivity contribution is -0.892. The minimum absolute atomic E-state index is 0.0347. The molecule has 0 saturated carbocycles. The molecular formula is C37H45ClF2N9O5+. The summed E-state index contributed by atoms with van der Waals surface area (Å²) >= 11 is 6.53. The number of piperazine rings is 1. The van der Waals surface area contributed by atoms with Crippen molar-refractivity contribution in [2.24, 2.45) is 12.8 Å². The molecule has 2 aliphatic rings. The Balaban J connectivity index is 1.07. The fourth-order valence-electron chi connectivity index (χ4n) is 7.27. The number of aromatic nitrogens is 4. The van der Waals surface area contributed by atoms with Gasteiger partial charge in [-0.3, -0.25) is 19.1 Å². The van der Waals surface area contributed by atoms with Gasteiger partial charge in [-0.25, -0.2) is 13.8 Å². The van der Waals surface area contributed by atoms with Crippen molar-refractivity contribution in [1.29, 1.82) is 0 Å². The predicted octanol–water partition coefficient (Wildman–Crippen LogP) is 2.91. The molecule has 2 atom stereocenters. The van der Waals surface area contributed by atoms with E-state index in [-0.39, 0.29) is 58.1 Å². The van der Waals surface area contributed by atoms with Crippen molar-refractivity contribution < 1.29 is 37.5 Å². The van der Waals surface area contributed by atoms with Crippen LogP contribution in [0.4, 0.5) is 14.5 Å². The number of methoxy groups -OCH3 is 1. The van der Waals surface area contributed by atoms with Crippen LogP contribution in [0.2, 0.25) is 5.02 Å². The van der Waals surface area contributed by atoms with Gasteiger partial charge in [-0.15, -0.1) is 0 Å². The summed E-state index contributed by atoms with van der Waals surface area (Å²) in [6.07, 6.45) is 3.48. The van der Waals surface area contributed by atoms with Crippen LogP contribution in [0, 0.1) is 18.6 Å². The van der Waals surface area contributed by atoms with Crippen LogP contribution in [0.1, 0.15) is 33.1 Å². The number of ether oxygens (including phenoxy) is 1. The average molecular weight is 769 g/mol. The number of halogens is 3. The van der Waals surface area contributed by atoms with Gasteiger partial charge in [-0.1, -0.05) is 17.7 Å². The molecule has 4 aromatic rings. The van der Waals surface area contributed by atoms with Crippen molar-refractivity contribution in [3.05, 3.63) is 76.5 Å². The maximum Gasteiger partial charge on any atom is 0.291 e. The zero-order valence-electron chi connectivity index (χ0n) is 30.7.